The Labute approximate surface area is 174 Å². The number of hydrogen-bond donors (Lipinski definition) is 2. The van der Waals surface area contributed by atoms with E-state index in [9.17, 15) is 13.2 Å². The van der Waals surface area contributed by atoms with Gasteiger partial charge in [0.1, 0.15) is 0 Å². The van der Waals surface area contributed by atoms with Crippen molar-refractivity contribution in [2.24, 2.45) is 0 Å². The third-order valence-corrected chi connectivity index (χ3v) is 4.05. The van der Waals surface area contributed by atoms with Crippen LogP contribution in [0.25, 0.3) is 0 Å². The highest BCUT2D eigenvalue weighted by Gasteiger charge is 1.99. The zero-order valence-corrected chi connectivity index (χ0v) is 18.3. The summed E-state index contributed by atoms with van der Waals surface area (Å²) in [6.07, 6.45) is 1.03. The van der Waals surface area contributed by atoms with Gasteiger partial charge in [0, 0.05) is 18.8 Å². The molecule has 0 aliphatic rings. The van der Waals surface area contributed by atoms with E-state index >= 15 is 0 Å². The van der Waals surface area contributed by atoms with Gasteiger partial charge in [0.25, 0.3) is 0 Å². The summed E-state index contributed by atoms with van der Waals surface area (Å²) in [5, 5.41) is 6.97. The standard InChI is InChI=1S/C21H28N2.C2H6.CHF3/c1-16(2)10-11-22-14-19-6-5-7-21(13-19)23-15-20-9-8-17(3)18(4)12-20;1-2;2-1(3)4/h5-9,12-13,22-23H,1,10-11,14-15H2,2-4H3;1-2H3;1H. The highest BCUT2D eigenvalue weighted by atomic mass is 19.4. The average molecular weight is 409 g/mol. The van der Waals surface area contributed by atoms with Gasteiger partial charge in [-0.3, -0.25) is 0 Å². The molecule has 0 fully saturated rings. The minimum Gasteiger partial charge on any atom is -0.381 e. The van der Waals surface area contributed by atoms with Crippen molar-refractivity contribution in [1.29, 1.82) is 0 Å². The Morgan fingerprint density at radius 2 is 1.55 bits per heavy atom. The molecule has 2 nitrogen and oxygen atoms in total. The first kappa shape index (κ1) is 26.7. The molecule has 162 valence electrons. The van der Waals surface area contributed by atoms with Gasteiger partial charge in [0.05, 0.1) is 0 Å². The molecule has 2 rings (SSSR count). The molecule has 2 aromatic rings. The van der Waals surface area contributed by atoms with Gasteiger partial charge in [-0.1, -0.05) is 49.8 Å². The second-order valence-corrected chi connectivity index (χ2v) is 6.60. The van der Waals surface area contributed by atoms with Gasteiger partial charge < -0.3 is 10.6 Å². The van der Waals surface area contributed by atoms with Gasteiger partial charge >= 0.3 is 6.68 Å². The number of benzene rings is 2. The van der Waals surface area contributed by atoms with Crippen LogP contribution >= 0.6 is 0 Å². The van der Waals surface area contributed by atoms with Gasteiger partial charge in [-0.15, -0.1) is 6.58 Å². The molecule has 0 saturated heterocycles. The molecule has 0 saturated carbocycles. The Hall–Kier alpha value is -2.27. The maximum absolute atomic E-state index is 9.67. The van der Waals surface area contributed by atoms with Crippen molar-refractivity contribution in [2.45, 2.75) is 60.8 Å². The second kappa shape index (κ2) is 15.6. The Kier molecular flexibility index (Phi) is 14.4. The molecule has 0 aliphatic heterocycles. The summed E-state index contributed by atoms with van der Waals surface area (Å²) in [7, 11) is 0. The lowest BCUT2D eigenvalue weighted by Crippen LogP contribution is -2.14. The van der Waals surface area contributed by atoms with Crippen LogP contribution in [0.5, 0.6) is 0 Å². The number of halogens is 3. The number of alkyl halides is 3. The van der Waals surface area contributed by atoms with E-state index in [0.29, 0.717) is 0 Å². The van der Waals surface area contributed by atoms with Crippen LogP contribution in [0.2, 0.25) is 0 Å². The second-order valence-electron chi connectivity index (χ2n) is 6.60. The van der Waals surface area contributed by atoms with Crippen LogP contribution in [-0.2, 0) is 13.1 Å². The van der Waals surface area contributed by atoms with Crippen molar-refractivity contribution < 1.29 is 13.2 Å². The summed E-state index contributed by atoms with van der Waals surface area (Å²) in [5.41, 5.74) is 7.70. The summed E-state index contributed by atoms with van der Waals surface area (Å²) < 4.78 is 29.0. The lowest BCUT2D eigenvalue weighted by molar-refractivity contribution is 0.00819. The van der Waals surface area contributed by atoms with Crippen molar-refractivity contribution >= 4 is 5.69 Å². The van der Waals surface area contributed by atoms with Crippen LogP contribution < -0.4 is 10.6 Å². The molecule has 0 spiro atoms. The topological polar surface area (TPSA) is 24.1 Å². The van der Waals surface area contributed by atoms with Crippen LogP contribution in [-0.4, -0.2) is 13.2 Å². The van der Waals surface area contributed by atoms with E-state index < -0.39 is 6.68 Å². The maximum atomic E-state index is 9.67. The molecule has 0 bridgehead atoms. The van der Waals surface area contributed by atoms with Gasteiger partial charge in [-0.05, 0) is 68.1 Å². The van der Waals surface area contributed by atoms with Gasteiger partial charge in [-0.2, -0.15) is 13.2 Å². The van der Waals surface area contributed by atoms with Crippen LogP contribution in [0.1, 0.15) is 49.4 Å². The molecular weight excluding hydrogens is 373 g/mol. The lowest BCUT2D eigenvalue weighted by Gasteiger charge is -2.10. The van der Waals surface area contributed by atoms with Crippen LogP contribution in [0.3, 0.4) is 0 Å². The third-order valence-electron chi connectivity index (χ3n) is 4.05. The predicted octanol–water partition coefficient (Wildman–Crippen LogP) is 7.18. The predicted molar refractivity (Wildman–Crippen MR) is 119 cm³/mol. The summed E-state index contributed by atoms with van der Waals surface area (Å²) in [6.45, 7) is 13.4. The molecular formula is C24H35F3N2. The molecule has 29 heavy (non-hydrogen) atoms. The number of anilines is 1. The Bertz CT molecular complexity index is 712. The SMILES string of the molecule is C=C(C)CCNCc1cccc(NCc2ccc(C)c(C)c2)c1.CC.FC(F)F. The fourth-order valence-electron chi connectivity index (χ4n) is 2.44. The largest absolute Gasteiger partial charge is 0.381 e. The van der Waals surface area contributed by atoms with Crippen molar-refractivity contribution in [3.63, 3.8) is 0 Å². The number of hydrogen-bond acceptors (Lipinski definition) is 2. The molecule has 2 N–H and O–H groups in total. The summed E-state index contributed by atoms with van der Waals surface area (Å²) in [5.74, 6) is 0. The zero-order chi connectivity index (χ0) is 22.2. The quantitative estimate of drug-likeness (QED) is 0.357. The lowest BCUT2D eigenvalue weighted by atomic mass is 10.1. The van der Waals surface area contributed by atoms with E-state index in [1.807, 2.05) is 13.8 Å². The summed E-state index contributed by atoms with van der Waals surface area (Å²) >= 11 is 0. The van der Waals surface area contributed by atoms with Gasteiger partial charge in [0.15, 0.2) is 0 Å². The average Bonchev–Trinajstić information content (AvgIpc) is 2.67. The Balaban J connectivity index is 0.00000116. The molecule has 0 unspecified atom stereocenters. The zero-order valence-electron chi connectivity index (χ0n) is 18.3. The van der Waals surface area contributed by atoms with Crippen LogP contribution in [0.4, 0.5) is 18.9 Å². The Morgan fingerprint density at radius 1 is 0.931 bits per heavy atom. The first-order chi connectivity index (χ1) is 13.8. The van der Waals surface area contributed by atoms with E-state index in [-0.39, 0.29) is 0 Å². The Morgan fingerprint density at radius 3 is 2.14 bits per heavy atom. The molecule has 2 aromatic carbocycles. The molecule has 0 aliphatic carbocycles. The molecule has 0 radical (unpaired) electrons. The molecule has 5 heteroatoms. The molecule has 0 aromatic heterocycles. The molecule has 0 heterocycles. The monoisotopic (exact) mass is 408 g/mol. The number of nitrogens with one attached hydrogen (secondary N) is 2. The number of aryl methyl sites for hydroxylation is 2. The fraction of sp³-hybridized carbons (Fsp3) is 0.417. The minimum atomic E-state index is -3.67. The van der Waals surface area contributed by atoms with E-state index in [4.69, 9.17) is 0 Å². The van der Waals surface area contributed by atoms with E-state index in [1.54, 1.807) is 0 Å². The van der Waals surface area contributed by atoms with Gasteiger partial charge in [-0.25, -0.2) is 0 Å². The van der Waals surface area contributed by atoms with Crippen LogP contribution in [0.15, 0.2) is 54.6 Å². The normalized spacial score (nSPS) is 9.83. The minimum absolute atomic E-state index is 0.855. The van der Waals surface area contributed by atoms with Crippen molar-refractivity contribution in [3.05, 3.63) is 76.9 Å². The fourth-order valence-corrected chi connectivity index (χ4v) is 2.44. The maximum Gasteiger partial charge on any atom is 0.379 e. The summed E-state index contributed by atoms with van der Waals surface area (Å²) in [6, 6.07) is 15.2. The van der Waals surface area contributed by atoms with Crippen LogP contribution in [0, 0.1) is 13.8 Å². The highest BCUT2D eigenvalue weighted by Crippen LogP contribution is 2.14. The van der Waals surface area contributed by atoms with E-state index in [2.05, 4.69) is 80.4 Å². The highest BCUT2D eigenvalue weighted by molar-refractivity contribution is 5.46. The van der Waals surface area contributed by atoms with Crippen molar-refractivity contribution in [2.75, 3.05) is 11.9 Å². The molecule has 0 amide bonds. The number of rotatable bonds is 8. The van der Waals surface area contributed by atoms with Crippen molar-refractivity contribution in [3.8, 4) is 0 Å². The molecule has 0 atom stereocenters. The van der Waals surface area contributed by atoms with E-state index in [1.165, 1.54) is 33.5 Å². The van der Waals surface area contributed by atoms with E-state index in [0.717, 1.165) is 26.1 Å². The summed E-state index contributed by atoms with van der Waals surface area (Å²) in [4.78, 5) is 0. The first-order valence-electron chi connectivity index (χ1n) is 9.94. The smallest absolute Gasteiger partial charge is 0.379 e. The first-order valence-corrected chi connectivity index (χ1v) is 9.94. The third kappa shape index (κ3) is 13.5. The van der Waals surface area contributed by atoms with Gasteiger partial charge in [0.2, 0.25) is 0 Å². The van der Waals surface area contributed by atoms with Crippen molar-refractivity contribution in [1.82, 2.24) is 5.32 Å².